The second-order valence-electron chi connectivity index (χ2n) is 4.59. The Bertz CT molecular complexity index is 586. The highest BCUT2D eigenvalue weighted by Gasteiger charge is 2.11. The van der Waals surface area contributed by atoms with Gasteiger partial charge in [0.2, 0.25) is 0 Å². The first-order valence-corrected chi connectivity index (χ1v) is 5.88. The number of nitrogens with one attached hydrogen (secondary N) is 2. The van der Waals surface area contributed by atoms with Crippen LogP contribution < -0.4 is 11.1 Å². The van der Waals surface area contributed by atoms with Crippen molar-refractivity contribution in [2.75, 3.05) is 11.1 Å². The molecule has 0 saturated heterocycles. The molecule has 0 aliphatic carbocycles. The van der Waals surface area contributed by atoms with Crippen LogP contribution in [0.1, 0.15) is 35.8 Å². The number of carbonyl (C=O) groups excluding carboxylic acids is 1. The van der Waals surface area contributed by atoms with Crippen molar-refractivity contribution in [3.05, 3.63) is 41.3 Å². The second-order valence-corrected chi connectivity index (χ2v) is 4.59. The maximum atomic E-state index is 13.2. The summed E-state index contributed by atoms with van der Waals surface area (Å²) in [6.45, 7) is 4.01. The number of carbonyl (C=O) groups is 1. The molecule has 0 fully saturated rings. The van der Waals surface area contributed by atoms with E-state index in [2.05, 4.69) is 15.5 Å². The first kappa shape index (κ1) is 13.1. The Hall–Kier alpha value is -2.37. The minimum absolute atomic E-state index is 0.159. The highest BCUT2D eigenvalue weighted by molar-refractivity contribution is 6.04. The van der Waals surface area contributed by atoms with Gasteiger partial charge in [-0.05, 0) is 24.1 Å². The Balaban J connectivity index is 2.15. The van der Waals surface area contributed by atoms with Crippen LogP contribution in [0.15, 0.2) is 24.3 Å². The van der Waals surface area contributed by atoms with E-state index in [1.54, 1.807) is 6.07 Å². The fourth-order valence-electron chi connectivity index (χ4n) is 1.63. The smallest absolute Gasteiger partial charge is 0.257 e. The fourth-order valence-corrected chi connectivity index (χ4v) is 1.63. The zero-order chi connectivity index (χ0) is 14.0. The molecule has 0 spiro atoms. The number of H-pyrrole nitrogens is 1. The van der Waals surface area contributed by atoms with Gasteiger partial charge in [-0.3, -0.25) is 9.89 Å². The molecule has 0 saturated carbocycles. The molecule has 5 nitrogen and oxygen atoms in total. The number of aromatic nitrogens is 2. The zero-order valence-electron chi connectivity index (χ0n) is 10.7. The van der Waals surface area contributed by atoms with E-state index in [1.807, 2.05) is 13.8 Å². The van der Waals surface area contributed by atoms with E-state index in [0.717, 1.165) is 17.8 Å². The third kappa shape index (κ3) is 3.09. The predicted octanol–water partition coefficient (Wildman–Crippen LogP) is 2.51. The van der Waals surface area contributed by atoms with E-state index in [0.29, 0.717) is 5.82 Å². The van der Waals surface area contributed by atoms with Crippen molar-refractivity contribution in [2.45, 2.75) is 19.8 Å². The molecule has 0 atom stereocenters. The molecular formula is C13H15FN4O. The molecule has 2 aromatic rings. The number of aromatic amines is 1. The van der Waals surface area contributed by atoms with Crippen LogP contribution in [0.5, 0.6) is 0 Å². The van der Waals surface area contributed by atoms with Crippen molar-refractivity contribution >= 4 is 17.4 Å². The number of anilines is 2. The summed E-state index contributed by atoms with van der Waals surface area (Å²) in [6.07, 6.45) is 0. The van der Waals surface area contributed by atoms with Crippen molar-refractivity contribution in [1.82, 2.24) is 10.2 Å². The highest BCUT2D eigenvalue weighted by Crippen LogP contribution is 2.16. The number of rotatable bonds is 3. The van der Waals surface area contributed by atoms with Gasteiger partial charge in [0.25, 0.3) is 5.91 Å². The second kappa shape index (κ2) is 5.09. The lowest BCUT2D eigenvalue weighted by atomic mass is 10.1. The van der Waals surface area contributed by atoms with Crippen LogP contribution in [0.3, 0.4) is 0 Å². The summed E-state index contributed by atoms with van der Waals surface area (Å²) in [5.41, 5.74) is 6.77. The largest absolute Gasteiger partial charge is 0.399 e. The van der Waals surface area contributed by atoms with Crippen molar-refractivity contribution in [2.24, 2.45) is 0 Å². The quantitative estimate of drug-likeness (QED) is 0.743. The summed E-state index contributed by atoms with van der Waals surface area (Å²) in [7, 11) is 0. The van der Waals surface area contributed by atoms with Crippen LogP contribution in [-0.2, 0) is 0 Å². The SMILES string of the molecule is CC(C)c1cc(NC(=O)c2cc(N)cc(F)c2)n[nH]1. The Morgan fingerprint density at radius 3 is 2.68 bits per heavy atom. The molecule has 0 aliphatic rings. The van der Waals surface area contributed by atoms with Gasteiger partial charge < -0.3 is 11.1 Å². The monoisotopic (exact) mass is 262 g/mol. The number of halogens is 1. The third-order valence-electron chi connectivity index (χ3n) is 2.64. The molecule has 4 N–H and O–H groups in total. The lowest BCUT2D eigenvalue weighted by Gasteiger charge is -2.03. The van der Waals surface area contributed by atoms with Crippen LogP contribution in [0.4, 0.5) is 15.9 Å². The zero-order valence-corrected chi connectivity index (χ0v) is 10.7. The predicted molar refractivity (Wildman–Crippen MR) is 71.4 cm³/mol. The van der Waals surface area contributed by atoms with Crippen molar-refractivity contribution < 1.29 is 9.18 Å². The Morgan fingerprint density at radius 1 is 1.37 bits per heavy atom. The molecule has 1 aromatic heterocycles. The number of benzene rings is 1. The van der Waals surface area contributed by atoms with Crippen LogP contribution in [0.2, 0.25) is 0 Å². The lowest BCUT2D eigenvalue weighted by Crippen LogP contribution is -2.12. The average molecular weight is 262 g/mol. The number of nitrogen functional groups attached to an aromatic ring is 1. The third-order valence-corrected chi connectivity index (χ3v) is 2.64. The van der Waals surface area contributed by atoms with Crippen LogP contribution >= 0.6 is 0 Å². The molecule has 0 unspecified atom stereocenters. The van der Waals surface area contributed by atoms with Crippen molar-refractivity contribution in [1.29, 1.82) is 0 Å². The number of hydrogen-bond donors (Lipinski definition) is 3. The summed E-state index contributed by atoms with van der Waals surface area (Å²) in [5.74, 6) is -0.317. The Morgan fingerprint density at radius 2 is 2.11 bits per heavy atom. The molecule has 1 heterocycles. The summed E-state index contributed by atoms with van der Waals surface area (Å²) in [5, 5.41) is 9.37. The van der Waals surface area contributed by atoms with Gasteiger partial charge in [-0.2, -0.15) is 5.10 Å². The highest BCUT2D eigenvalue weighted by atomic mass is 19.1. The number of nitrogens with two attached hydrogens (primary N) is 1. The van der Waals surface area contributed by atoms with Gasteiger partial charge in [-0.25, -0.2) is 4.39 Å². The number of amides is 1. The van der Waals surface area contributed by atoms with E-state index < -0.39 is 11.7 Å². The fraction of sp³-hybridized carbons (Fsp3) is 0.231. The molecule has 0 aliphatic heterocycles. The van der Waals surface area contributed by atoms with Gasteiger partial charge in [0, 0.05) is 23.0 Å². The molecule has 0 bridgehead atoms. The van der Waals surface area contributed by atoms with Gasteiger partial charge in [-0.1, -0.05) is 13.8 Å². The minimum atomic E-state index is -0.546. The van der Waals surface area contributed by atoms with E-state index in [4.69, 9.17) is 5.73 Å². The summed E-state index contributed by atoms with van der Waals surface area (Å²) >= 11 is 0. The minimum Gasteiger partial charge on any atom is -0.399 e. The summed E-state index contributed by atoms with van der Waals surface area (Å²) in [6, 6.07) is 5.43. The molecule has 2 rings (SSSR count). The first-order chi connectivity index (χ1) is 8.95. The Kier molecular flexibility index (Phi) is 3.50. The van der Waals surface area contributed by atoms with Gasteiger partial charge in [-0.15, -0.1) is 0 Å². The molecule has 0 radical (unpaired) electrons. The number of hydrogen-bond acceptors (Lipinski definition) is 3. The van der Waals surface area contributed by atoms with Gasteiger partial charge in [0.05, 0.1) is 0 Å². The lowest BCUT2D eigenvalue weighted by molar-refractivity contribution is 0.102. The number of nitrogens with zero attached hydrogens (tertiary/aromatic N) is 1. The molecule has 100 valence electrons. The van der Waals surface area contributed by atoms with Gasteiger partial charge >= 0.3 is 0 Å². The standard InChI is InChI=1S/C13H15FN4O/c1-7(2)11-6-12(18-17-11)16-13(19)8-3-9(14)5-10(15)4-8/h3-7H,15H2,1-2H3,(H2,16,17,18,19). The molecular weight excluding hydrogens is 247 g/mol. The summed E-state index contributed by atoms with van der Waals surface area (Å²) < 4.78 is 13.2. The van der Waals surface area contributed by atoms with Gasteiger partial charge in [0.1, 0.15) is 5.82 Å². The van der Waals surface area contributed by atoms with Crippen LogP contribution in [0.25, 0.3) is 0 Å². The normalized spacial score (nSPS) is 10.7. The van der Waals surface area contributed by atoms with E-state index >= 15 is 0 Å². The molecule has 1 aromatic carbocycles. The average Bonchev–Trinajstić information content (AvgIpc) is 2.76. The topological polar surface area (TPSA) is 83.8 Å². The molecule has 1 amide bonds. The van der Waals surface area contributed by atoms with Crippen LogP contribution in [-0.4, -0.2) is 16.1 Å². The molecule has 6 heteroatoms. The maximum Gasteiger partial charge on any atom is 0.257 e. The van der Waals surface area contributed by atoms with E-state index in [-0.39, 0.29) is 17.2 Å². The van der Waals surface area contributed by atoms with Crippen molar-refractivity contribution in [3.8, 4) is 0 Å². The summed E-state index contributed by atoms with van der Waals surface area (Å²) in [4.78, 5) is 11.9. The molecule has 19 heavy (non-hydrogen) atoms. The Labute approximate surface area is 110 Å². The van der Waals surface area contributed by atoms with E-state index in [1.165, 1.54) is 6.07 Å². The van der Waals surface area contributed by atoms with E-state index in [9.17, 15) is 9.18 Å². The van der Waals surface area contributed by atoms with Crippen molar-refractivity contribution in [3.63, 3.8) is 0 Å². The maximum absolute atomic E-state index is 13.2. The van der Waals surface area contributed by atoms with Gasteiger partial charge in [0.15, 0.2) is 5.82 Å². The first-order valence-electron chi connectivity index (χ1n) is 5.88. The van der Waals surface area contributed by atoms with Crippen LogP contribution in [0, 0.1) is 5.82 Å².